The molecule has 8 heteroatoms. The first-order valence-corrected chi connectivity index (χ1v) is 7.98. The number of nitrogens with one attached hydrogen (secondary N) is 1. The number of hydrogen-bond donors (Lipinski definition) is 1. The maximum atomic E-state index is 12.0. The quantitative estimate of drug-likeness (QED) is 0.643. The second kappa shape index (κ2) is 7.35. The van der Waals surface area contributed by atoms with Crippen molar-refractivity contribution in [1.29, 1.82) is 0 Å². The van der Waals surface area contributed by atoms with Gasteiger partial charge in [-0.2, -0.15) is 0 Å². The SMILES string of the molecule is C=COc1cncc(N2CCCNCCC23OC(=O)C=CC(=O)O3)c1. The van der Waals surface area contributed by atoms with Crippen LogP contribution in [-0.2, 0) is 19.1 Å². The molecule has 1 aromatic rings. The fourth-order valence-electron chi connectivity index (χ4n) is 2.83. The number of pyridine rings is 1. The Bertz CT molecular complexity index is 683. The molecule has 8 nitrogen and oxygen atoms in total. The number of carbonyl (C=O) groups is 2. The van der Waals surface area contributed by atoms with Crippen molar-refractivity contribution < 1.29 is 23.8 Å². The van der Waals surface area contributed by atoms with E-state index in [0.29, 0.717) is 24.5 Å². The van der Waals surface area contributed by atoms with Crippen molar-refractivity contribution in [3.05, 3.63) is 43.5 Å². The van der Waals surface area contributed by atoms with Gasteiger partial charge >= 0.3 is 17.8 Å². The molecule has 3 rings (SSSR count). The number of esters is 2. The van der Waals surface area contributed by atoms with Crippen LogP contribution in [0.2, 0.25) is 0 Å². The Morgan fingerprint density at radius 1 is 1.24 bits per heavy atom. The molecule has 1 N–H and O–H groups in total. The molecule has 1 spiro atoms. The lowest BCUT2D eigenvalue weighted by molar-refractivity contribution is -0.223. The minimum Gasteiger partial charge on any atom is -0.464 e. The second-order valence-corrected chi connectivity index (χ2v) is 5.56. The van der Waals surface area contributed by atoms with Gasteiger partial charge in [-0.3, -0.25) is 9.88 Å². The minimum absolute atomic E-state index is 0.276. The number of aromatic nitrogens is 1. The lowest BCUT2D eigenvalue weighted by atomic mass is 10.2. The zero-order valence-corrected chi connectivity index (χ0v) is 13.6. The molecule has 0 atom stereocenters. The van der Waals surface area contributed by atoms with E-state index in [0.717, 1.165) is 25.1 Å². The number of nitrogens with zero attached hydrogens (tertiary/aromatic N) is 2. The van der Waals surface area contributed by atoms with Gasteiger partial charge in [-0.1, -0.05) is 6.58 Å². The molecule has 0 bridgehead atoms. The van der Waals surface area contributed by atoms with E-state index in [2.05, 4.69) is 16.9 Å². The standard InChI is InChI=1S/C17H19N3O5/c1-2-23-14-10-13(11-19-12-14)20-9-3-7-18-8-6-17(20)24-15(21)4-5-16(22)25-17/h2,4-5,10-12,18H,1,3,6-9H2. The lowest BCUT2D eigenvalue weighted by Crippen LogP contribution is -2.57. The highest BCUT2D eigenvalue weighted by Crippen LogP contribution is 2.33. The van der Waals surface area contributed by atoms with Crippen LogP contribution in [0, 0.1) is 0 Å². The van der Waals surface area contributed by atoms with Crippen molar-refractivity contribution in [2.45, 2.75) is 18.8 Å². The molecule has 132 valence electrons. The van der Waals surface area contributed by atoms with Gasteiger partial charge in [-0.15, -0.1) is 0 Å². The summed E-state index contributed by atoms with van der Waals surface area (Å²) in [5, 5.41) is 3.23. The Balaban J connectivity index is 2.01. The smallest absolute Gasteiger partial charge is 0.344 e. The number of rotatable bonds is 3. The topological polar surface area (TPSA) is 90.0 Å². The zero-order chi connectivity index (χ0) is 17.7. The van der Waals surface area contributed by atoms with Gasteiger partial charge in [0.25, 0.3) is 0 Å². The van der Waals surface area contributed by atoms with E-state index in [1.165, 1.54) is 12.5 Å². The summed E-state index contributed by atoms with van der Waals surface area (Å²) < 4.78 is 16.4. The monoisotopic (exact) mass is 345 g/mol. The Kier molecular flexibility index (Phi) is 4.99. The van der Waals surface area contributed by atoms with Crippen molar-refractivity contribution in [3.63, 3.8) is 0 Å². The summed E-state index contributed by atoms with van der Waals surface area (Å²) in [4.78, 5) is 29.9. The highest BCUT2D eigenvalue weighted by atomic mass is 16.8. The van der Waals surface area contributed by atoms with Crippen molar-refractivity contribution in [3.8, 4) is 5.75 Å². The first-order valence-electron chi connectivity index (χ1n) is 7.98. The highest BCUT2D eigenvalue weighted by molar-refractivity contribution is 5.93. The van der Waals surface area contributed by atoms with Gasteiger partial charge in [0.15, 0.2) is 0 Å². The maximum Gasteiger partial charge on any atom is 0.344 e. The van der Waals surface area contributed by atoms with Crippen LogP contribution in [0.15, 0.2) is 43.5 Å². The van der Waals surface area contributed by atoms with Gasteiger partial charge < -0.3 is 19.5 Å². The average molecular weight is 345 g/mol. The Morgan fingerprint density at radius 3 is 2.72 bits per heavy atom. The summed E-state index contributed by atoms with van der Waals surface area (Å²) in [6.45, 7) is 5.33. The van der Waals surface area contributed by atoms with E-state index >= 15 is 0 Å². The first kappa shape index (κ1) is 17.0. The molecule has 0 aromatic carbocycles. The second-order valence-electron chi connectivity index (χ2n) is 5.56. The molecule has 2 aliphatic rings. The lowest BCUT2D eigenvalue weighted by Gasteiger charge is -2.42. The van der Waals surface area contributed by atoms with Gasteiger partial charge in [0, 0.05) is 31.3 Å². The van der Waals surface area contributed by atoms with E-state index in [-0.39, 0.29) is 6.42 Å². The largest absolute Gasteiger partial charge is 0.464 e. The number of ether oxygens (including phenoxy) is 3. The van der Waals surface area contributed by atoms with Crippen LogP contribution < -0.4 is 15.0 Å². The summed E-state index contributed by atoms with van der Waals surface area (Å²) in [6.07, 6.45) is 7.61. The summed E-state index contributed by atoms with van der Waals surface area (Å²) >= 11 is 0. The third-order valence-electron chi connectivity index (χ3n) is 3.87. The number of anilines is 1. The summed E-state index contributed by atoms with van der Waals surface area (Å²) in [5.41, 5.74) is 0.615. The fourth-order valence-corrected chi connectivity index (χ4v) is 2.83. The predicted octanol–water partition coefficient (Wildman–Crippen LogP) is 1.10. The van der Waals surface area contributed by atoms with Crippen LogP contribution in [0.4, 0.5) is 5.69 Å². The van der Waals surface area contributed by atoms with E-state index in [1.54, 1.807) is 17.2 Å². The summed E-state index contributed by atoms with van der Waals surface area (Å²) in [6, 6.07) is 1.73. The number of carbonyl (C=O) groups excluding carboxylic acids is 2. The van der Waals surface area contributed by atoms with E-state index in [1.807, 2.05) is 0 Å². The van der Waals surface area contributed by atoms with Crippen molar-refractivity contribution in [2.75, 3.05) is 24.5 Å². The minimum atomic E-state index is -1.54. The van der Waals surface area contributed by atoms with Crippen LogP contribution in [0.5, 0.6) is 5.75 Å². The molecule has 0 saturated carbocycles. The van der Waals surface area contributed by atoms with E-state index < -0.39 is 17.8 Å². The molecule has 0 radical (unpaired) electrons. The molecule has 0 unspecified atom stereocenters. The number of hydrogen-bond acceptors (Lipinski definition) is 8. The van der Waals surface area contributed by atoms with Crippen molar-refractivity contribution in [2.24, 2.45) is 0 Å². The fraction of sp³-hybridized carbons (Fsp3) is 0.353. The third kappa shape index (κ3) is 3.80. The van der Waals surface area contributed by atoms with Gasteiger partial charge in [0.05, 0.1) is 30.8 Å². The molecule has 1 saturated heterocycles. The molecule has 3 heterocycles. The Labute approximate surface area is 145 Å². The first-order chi connectivity index (χ1) is 12.1. The molecule has 1 aromatic heterocycles. The molecular weight excluding hydrogens is 326 g/mol. The highest BCUT2D eigenvalue weighted by Gasteiger charge is 2.46. The molecule has 25 heavy (non-hydrogen) atoms. The van der Waals surface area contributed by atoms with Crippen LogP contribution in [-0.4, -0.2) is 42.5 Å². The normalized spacial score (nSPS) is 20.1. The van der Waals surface area contributed by atoms with Gasteiger partial charge in [0.1, 0.15) is 5.75 Å². The van der Waals surface area contributed by atoms with Crippen LogP contribution in [0.1, 0.15) is 12.8 Å². The molecule has 1 fully saturated rings. The third-order valence-corrected chi connectivity index (χ3v) is 3.87. The van der Waals surface area contributed by atoms with E-state index in [9.17, 15) is 9.59 Å². The molecular formula is C17H19N3O5. The van der Waals surface area contributed by atoms with Gasteiger partial charge in [-0.05, 0) is 13.0 Å². The Morgan fingerprint density at radius 2 is 2.00 bits per heavy atom. The van der Waals surface area contributed by atoms with Crippen LogP contribution >= 0.6 is 0 Å². The van der Waals surface area contributed by atoms with Crippen LogP contribution in [0.25, 0.3) is 0 Å². The van der Waals surface area contributed by atoms with Crippen molar-refractivity contribution >= 4 is 17.6 Å². The van der Waals surface area contributed by atoms with Crippen molar-refractivity contribution in [1.82, 2.24) is 10.3 Å². The van der Waals surface area contributed by atoms with Gasteiger partial charge in [-0.25, -0.2) is 9.59 Å². The van der Waals surface area contributed by atoms with Gasteiger partial charge in [0.2, 0.25) is 0 Å². The predicted molar refractivity (Wildman–Crippen MR) is 88.6 cm³/mol. The molecule has 0 amide bonds. The Hall–Kier alpha value is -2.87. The summed E-state index contributed by atoms with van der Waals surface area (Å²) in [7, 11) is 0. The average Bonchev–Trinajstić information content (AvgIpc) is 2.72. The molecule has 2 aliphatic heterocycles. The molecule has 0 aliphatic carbocycles. The zero-order valence-electron chi connectivity index (χ0n) is 13.6. The maximum absolute atomic E-state index is 12.0. The van der Waals surface area contributed by atoms with Crippen LogP contribution in [0.3, 0.4) is 0 Å². The van der Waals surface area contributed by atoms with E-state index in [4.69, 9.17) is 14.2 Å². The summed E-state index contributed by atoms with van der Waals surface area (Å²) in [5.74, 6) is -2.34.